The summed E-state index contributed by atoms with van der Waals surface area (Å²) in [5.74, 6) is 0.180. The Hall–Kier alpha value is -3.43. The first kappa shape index (κ1) is 26.2. The number of benzene rings is 2. The molecule has 0 bridgehead atoms. The first-order valence-corrected chi connectivity index (χ1v) is 11.2. The number of ether oxygens (including phenoxy) is 1. The highest BCUT2D eigenvalue weighted by Crippen LogP contribution is 2.34. The van der Waals surface area contributed by atoms with Crippen LogP contribution in [0.25, 0.3) is 11.3 Å². The molecule has 9 heteroatoms. The Kier molecular flexibility index (Phi) is 8.48. The van der Waals surface area contributed by atoms with Crippen LogP contribution in [0.1, 0.15) is 35.0 Å². The quantitative estimate of drug-likeness (QED) is 0.417. The van der Waals surface area contributed by atoms with Crippen molar-refractivity contribution >= 4 is 5.91 Å². The lowest BCUT2D eigenvalue weighted by Crippen LogP contribution is -2.29. The number of nitrogens with two attached hydrogens (primary N) is 1. The molecule has 6 nitrogen and oxygen atoms in total. The Morgan fingerprint density at radius 2 is 1.83 bits per heavy atom. The molecule has 186 valence electrons. The summed E-state index contributed by atoms with van der Waals surface area (Å²) in [6.07, 6.45) is -3.59. The van der Waals surface area contributed by atoms with E-state index in [4.69, 9.17) is 10.5 Å². The van der Waals surface area contributed by atoms with E-state index in [9.17, 15) is 18.0 Å². The number of rotatable bonds is 10. The molecule has 3 aromatic rings. The third-order valence-corrected chi connectivity index (χ3v) is 5.42. The molecule has 0 radical (unpaired) electrons. The Balaban J connectivity index is 1.79. The lowest BCUT2D eigenvalue weighted by Gasteiger charge is -2.19. The van der Waals surface area contributed by atoms with E-state index in [1.54, 1.807) is 36.4 Å². The standard InChI is InChI=1S/C26H29F3N4O2/c1-17(13-14-33(2)3)31-16-19-15-20(26(27,28)29)9-12-24(19)35-21-10-7-18(8-11-21)22-5-4-6-23(32-22)25(30)34/h4-12,15,17,31H,13-14,16H2,1-3H3,(H2,30,34). The summed E-state index contributed by atoms with van der Waals surface area (Å²) in [5, 5.41) is 3.28. The van der Waals surface area contributed by atoms with Gasteiger partial charge in [-0.3, -0.25) is 4.79 Å². The van der Waals surface area contributed by atoms with Gasteiger partial charge in [-0.05, 0) is 88.6 Å². The van der Waals surface area contributed by atoms with Gasteiger partial charge in [-0.25, -0.2) is 4.98 Å². The third kappa shape index (κ3) is 7.53. The van der Waals surface area contributed by atoms with Crippen molar-refractivity contribution < 1.29 is 22.7 Å². The van der Waals surface area contributed by atoms with Crippen LogP contribution >= 0.6 is 0 Å². The van der Waals surface area contributed by atoms with E-state index in [1.807, 2.05) is 21.0 Å². The molecule has 0 aliphatic carbocycles. The topological polar surface area (TPSA) is 80.5 Å². The number of carbonyl (C=O) groups excluding carboxylic acids is 1. The fourth-order valence-electron chi connectivity index (χ4n) is 3.39. The summed E-state index contributed by atoms with van der Waals surface area (Å²) in [6, 6.07) is 15.5. The molecule has 3 rings (SSSR count). The molecule has 3 N–H and O–H groups in total. The van der Waals surface area contributed by atoms with E-state index in [0.717, 1.165) is 30.7 Å². The number of hydrogen-bond acceptors (Lipinski definition) is 5. The van der Waals surface area contributed by atoms with E-state index in [2.05, 4.69) is 15.2 Å². The molecule has 1 aromatic heterocycles. The van der Waals surface area contributed by atoms with E-state index >= 15 is 0 Å². The van der Waals surface area contributed by atoms with Crippen molar-refractivity contribution in [1.82, 2.24) is 15.2 Å². The van der Waals surface area contributed by atoms with Crippen molar-refractivity contribution in [3.63, 3.8) is 0 Å². The van der Waals surface area contributed by atoms with Gasteiger partial charge < -0.3 is 20.7 Å². The highest BCUT2D eigenvalue weighted by molar-refractivity contribution is 5.91. The molecule has 0 spiro atoms. The highest BCUT2D eigenvalue weighted by atomic mass is 19.4. The van der Waals surface area contributed by atoms with Gasteiger partial charge in [0.05, 0.1) is 11.3 Å². The van der Waals surface area contributed by atoms with Gasteiger partial charge in [-0.15, -0.1) is 0 Å². The summed E-state index contributed by atoms with van der Waals surface area (Å²) in [7, 11) is 3.95. The fourth-order valence-corrected chi connectivity index (χ4v) is 3.39. The zero-order valence-corrected chi connectivity index (χ0v) is 19.9. The second-order valence-electron chi connectivity index (χ2n) is 8.59. The normalized spacial score (nSPS) is 12.5. The molecule has 0 aliphatic rings. The van der Waals surface area contributed by atoms with Crippen LogP contribution in [0.3, 0.4) is 0 Å². The number of hydrogen-bond donors (Lipinski definition) is 2. The van der Waals surface area contributed by atoms with E-state index in [0.29, 0.717) is 22.8 Å². The monoisotopic (exact) mass is 486 g/mol. The molecule has 1 amide bonds. The van der Waals surface area contributed by atoms with Gasteiger partial charge in [0.1, 0.15) is 17.2 Å². The maximum absolute atomic E-state index is 13.3. The van der Waals surface area contributed by atoms with Crippen molar-refractivity contribution in [1.29, 1.82) is 0 Å². The smallest absolute Gasteiger partial charge is 0.416 e. The van der Waals surface area contributed by atoms with Crippen LogP contribution in [0.5, 0.6) is 11.5 Å². The Morgan fingerprint density at radius 1 is 1.11 bits per heavy atom. The first-order chi connectivity index (χ1) is 16.5. The predicted molar refractivity (Wildman–Crippen MR) is 129 cm³/mol. The van der Waals surface area contributed by atoms with Gasteiger partial charge in [0, 0.05) is 23.7 Å². The Labute approximate surface area is 202 Å². The number of pyridine rings is 1. The zero-order valence-electron chi connectivity index (χ0n) is 19.9. The maximum atomic E-state index is 13.3. The van der Waals surface area contributed by atoms with Crippen LogP contribution in [-0.2, 0) is 12.7 Å². The minimum Gasteiger partial charge on any atom is -0.457 e. The molecule has 0 saturated heterocycles. The van der Waals surface area contributed by atoms with Crippen LogP contribution < -0.4 is 15.8 Å². The molecule has 0 saturated carbocycles. The minimum absolute atomic E-state index is 0.114. The molecule has 1 unspecified atom stereocenters. The van der Waals surface area contributed by atoms with Crippen molar-refractivity contribution in [3.05, 3.63) is 77.5 Å². The molecule has 2 aromatic carbocycles. The van der Waals surface area contributed by atoms with Gasteiger partial charge in [-0.1, -0.05) is 6.07 Å². The average Bonchev–Trinajstić information content (AvgIpc) is 2.82. The van der Waals surface area contributed by atoms with Crippen molar-refractivity contribution in [2.45, 2.75) is 32.1 Å². The van der Waals surface area contributed by atoms with Gasteiger partial charge in [0.15, 0.2) is 0 Å². The third-order valence-electron chi connectivity index (χ3n) is 5.42. The largest absolute Gasteiger partial charge is 0.457 e. The molecule has 1 atom stereocenters. The number of amides is 1. The van der Waals surface area contributed by atoms with Gasteiger partial charge in [0.2, 0.25) is 0 Å². The highest BCUT2D eigenvalue weighted by Gasteiger charge is 2.31. The molecule has 0 aliphatic heterocycles. The SMILES string of the molecule is CC(CCN(C)C)NCc1cc(C(F)(F)F)ccc1Oc1ccc(-c2cccc(C(N)=O)n2)cc1. The average molecular weight is 487 g/mol. The number of aromatic nitrogens is 1. The Morgan fingerprint density at radius 3 is 2.46 bits per heavy atom. The van der Waals surface area contributed by atoms with Crippen molar-refractivity contribution in [3.8, 4) is 22.8 Å². The van der Waals surface area contributed by atoms with Crippen molar-refractivity contribution in [2.24, 2.45) is 5.73 Å². The summed E-state index contributed by atoms with van der Waals surface area (Å²) in [5.41, 5.74) is 6.45. The molecule has 1 heterocycles. The van der Waals surface area contributed by atoms with Crippen LogP contribution in [0.4, 0.5) is 13.2 Å². The van der Waals surface area contributed by atoms with Gasteiger partial charge in [-0.2, -0.15) is 13.2 Å². The summed E-state index contributed by atoms with van der Waals surface area (Å²) >= 11 is 0. The summed E-state index contributed by atoms with van der Waals surface area (Å²) in [4.78, 5) is 17.7. The minimum atomic E-state index is -4.45. The predicted octanol–water partition coefficient (Wildman–Crippen LogP) is 5.09. The number of carbonyl (C=O) groups is 1. The number of nitrogens with zero attached hydrogens (tertiary/aromatic N) is 2. The number of primary amides is 1. The van der Waals surface area contributed by atoms with Crippen LogP contribution in [0.15, 0.2) is 60.7 Å². The number of halogens is 3. The summed E-state index contributed by atoms with van der Waals surface area (Å²) in [6.45, 7) is 3.09. The van der Waals surface area contributed by atoms with Gasteiger partial charge >= 0.3 is 6.18 Å². The van der Waals surface area contributed by atoms with E-state index in [-0.39, 0.29) is 18.3 Å². The Bertz CT molecular complexity index is 1150. The number of alkyl halides is 3. The molecule has 0 fully saturated rings. The fraction of sp³-hybridized carbons (Fsp3) is 0.308. The lowest BCUT2D eigenvalue weighted by molar-refractivity contribution is -0.137. The van der Waals surface area contributed by atoms with E-state index < -0.39 is 17.6 Å². The molecule has 35 heavy (non-hydrogen) atoms. The van der Waals surface area contributed by atoms with Crippen LogP contribution in [-0.4, -0.2) is 42.5 Å². The molecular weight excluding hydrogens is 457 g/mol. The first-order valence-electron chi connectivity index (χ1n) is 11.2. The van der Waals surface area contributed by atoms with Crippen molar-refractivity contribution in [2.75, 3.05) is 20.6 Å². The zero-order chi connectivity index (χ0) is 25.6. The van der Waals surface area contributed by atoms with E-state index in [1.165, 1.54) is 12.1 Å². The molecular formula is C26H29F3N4O2. The number of nitrogens with one attached hydrogen (secondary N) is 1. The second-order valence-corrected chi connectivity index (χ2v) is 8.59. The van der Waals surface area contributed by atoms with Gasteiger partial charge in [0.25, 0.3) is 5.91 Å². The lowest BCUT2D eigenvalue weighted by atomic mass is 10.1. The summed E-state index contributed by atoms with van der Waals surface area (Å²) < 4.78 is 45.9. The second kappa shape index (κ2) is 11.3. The maximum Gasteiger partial charge on any atom is 0.416 e. The van der Waals surface area contributed by atoms with Crippen LogP contribution in [0.2, 0.25) is 0 Å². The van der Waals surface area contributed by atoms with Crippen LogP contribution in [0, 0.1) is 0 Å².